The molecule has 5 rings (SSSR count). The number of carbonyl (C=O) groups excluding carboxylic acids is 2. The van der Waals surface area contributed by atoms with Gasteiger partial charge in [0.05, 0.1) is 11.3 Å². The van der Waals surface area contributed by atoms with Gasteiger partial charge in [-0.15, -0.1) is 0 Å². The second-order valence-electron chi connectivity index (χ2n) is 6.87. The molecule has 0 bridgehead atoms. The highest BCUT2D eigenvalue weighted by Gasteiger charge is 2.43. The van der Waals surface area contributed by atoms with Crippen LogP contribution in [0.4, 0.5) is 5.69 Å². The van der Waals surface area contributed by atoms with E-state index in [1.165, 1.54) is 0 Å². The summed E-state index contributed by atoms with van der Waals surface area (Å²) in [4.78, 5) is 27.2. The van der Waals surface area contributed by atoms with E-state index in [9.17, 15) is 9.59 Å². The fourth-order valence-electron chi connectivity index (χ4n) is 3.94. The maximum atomic E-state index is 13.0. The number of ether oxygens (including phenoxy) is 3. The van der Waals surface area contributed by atoms with Gasteiger partial charge < -0.3 is 14.2 Å². The Labute approximate surface area is 155 Å². The van der Waals surface area contributed by atoms with Gasteiger partial charge in [0, 0.05) is 18.0 Å². The predicted molar refractivity (Wildman–Crippen MR) is 96.6 cm³/mol. The normalized spacial score (nSPS) is 20.8. The van der Waals surface area contributed by atoms with Crippen LogP contribution in [0.5, 0.6) is 11.5 Å². The summed E-state index contributed by atoms with van der Waals surface area (Å²) in [6.45, 7) is 2.26. The van der Waals surface area contributed by atoms with Gasteiger partial charge in [0.1, 0.15) is 6.61 Å². The molecular weight excluding hydrogens is 346 g/mol. The Hall–Kier alpha value is -3.28. The van der Waals surface area contributed by atoms with Crippen LogP contribution in [-0.2, 0) is 14.3 Å². The zero-order chi connectivity index (χ0) is 18.5. The molecule has 136 valence electrons. The summed E-state index contributed by atoms with van der Waals surface area (Å²) < 4.78 is 16.1. The smallest absolute Gasteiger partial charge is 0.336 e. The van der Waals surface area contributed by atoms with Crippen LogP contribution in [0.15, 0.2) is 53.7 Å². The first-order valence-electron chi connectivity index (χ1n) is 8.81. The highest BCUT2D eigenvalue weighted by molar-refractivity contribution is 6.06. The Morgan fingerprint density at radius 3 is 2.70 bits per heavy atom. The molecule has 2 aromatic rings. The van der Waals surface area contributed by atoms with Crippen molar-refractivity contribution < 1.29 is 23.8 Å². The molecule has 0 N–H and O–H groups in total. The molecule has 6 heteroatoms. The number of esters is 1. The van der Waals surface area contributed by atoms with Crippen LogP contribution in [0, 0.1) is 6.92 Å². The van der Waals surface area contributed by atoms with E-state index in [-0.39, 0.29) is 37.6 Å². The number of nitrogens with zero attached hydrogens (tertiary/aromatic N) is 1. The zero-order valence-electron chi connectivity index (χ0n) is 14.7. The number of carbonyl (C=O) groups is 2. The lowest BCUT2D eigenvalue weighted by Gasteiger charge is -2.32. The molecule has 0 aliphatic carbocycles. The second kappa shape index (κ2) is 5.87. The fraction of sp³-hybridized carbons (Fsp3) is 0.238. The van der Waals surface area contributed by atoms with Gasteiger partial charge >= 0.3 is 5.97 Å². The maximum Gasteiger partial charge on any atom is 0.336 e. The van der Waals surface area contributed by atoms with Crippen molar-refractivity contribution >= 4 is 17.6 Å². The number of amides is 1. The van der Waals surface area contributed by atoms with E-state index >= 15 is 0 Å². The molecule has 0 saturated carbocycles. The Balaban J connectivity index is 1.61. The van der Waals surface area contributed by atoms with Gasteiger partial charge in [0.25, 0.3) is 0 Å². The number of benzene rings is 2. The summed E-state index contributed by atoms with van der Waals surface area (Å²) in [6.07, 6.45) is 0.196. The van der Waals surface area contributed by atoms with E-state index in [0.717, 1.165) is 16.8 Å². The lowest BCUT2D eigenvalue weighted by molar-refractivity contribution is -0.136. The molecule has 1 atom stereocenters. The first kappa shape index (κ1) is 15.9. The van der Waals surface area contributed by atoms with Gasteiger partial charge in [-0.3, -0.25) is 9.69 Å². The highest BCUT2D eigenvalue weighted by Crippen LogP contribution is 2.44. The quantitative estimate of drug-likeness (QED) is 0.768. The molecule has 0 aromatic heterocycles. The molecule has 0 fully saturated rings. The summed E-state index contributed by atoms with van der Waals surface area (Å²) in [6, 6.07) is 13.2. The van der Waals surface area contributed by atoms with Gasteiger partial charge in [0.15, 0.2) is 11.5 Å². The molecule has 27 heavy (non-hydrogen) atoms. The first-order valence-corrected chi connectivity index (χ1v) is 8.81. The summed E-state index contributed by atoms with van der Waals surface area (Å²) in [7, 11) is 0. The number of hydrogen-bond acceptors (Lipinski definition) is 5. The Kier molecular flexibility index (Phi) is 3.47. The third kappa shape index (κ3) is 2.48. The molecule has 1 amide bonds. The van der Waals surface area contributed by atoms with Crippen LogP contribution in [0.2, 0.25) is 0 Å². The fourth-order valence-corrected chi connectivity index (χ4v) is 3.94. The van der Waals surface area contributed by atoms with Gasteiger partial charge in [-0.1, -0.05) is 18.2 Å². The molecule has 3 aliphatic rings. The lowest BCUT2D eigenvalue weighted by Crippen LogP contribution is -2.37. The number of aryl methyl sites for hydroxylation is 1. The zero-order valence-corrected chi connectivity index (χ0v) is 14.7. The molecule has 6 nitrogen and oxygen atoms in total. The van der Waals surface area contributed by atoms with E-state index in [0.29, 0.717) is 22.8 Å². The molecule has 3 heterocycles. The topological polar surface area (TPSA) is 65.1 Å². The van der Waals surface area contributed by atoms with Crippen LogP contribution in [-0.4, -0.2) is 25.3 Å². The summed E-state index contributed by atoms with van der Waals surface area (Å²) in [5.41, 5.74) is 3.84. The van der Waals surface area contributed by atoms with Crippen LogP contribution < -0.4 is 14.4 Å². The minimum atomic E-state index is -0.363. The van der Waals surface area contributed by atoms with Gasteiger partial charge in [-0.25, -0.2) is 4.79 Å². The summed E-state index contributed by atoms with van der Waals surface area (Å²) in [5.74, 6) is 0.538. The van der Waals surface area contributed by atoms with Crippen molar-refractivity contribution in [3.8, 4) is 11.5 Å². The van der Waals surface area contributed by atoms with Crippen molar-refractivity contribution in [1.82, 2.24) is 0 Å². The number of fused-ring (bicyclic) bond motifs is 1. The summed E-state index contributed by atoms with van der Waals surface area (Å²) >= 11 is 0. The van der Waals surface area contributed by atoms with Crippen LogP contribution in [0.25, 0.3) is 0 Å². The molecule has 0 unspecified atom stereocenters. The van der Waals surface area contributed by atoms with Crippen molar-refractivity contribution in [3.63, 3.8) is 0 Å². The van der Waals surface area contributed by atoms with Crippen molar-refractivity contribution in [2.45, 2.75) is 19.3 Å². The van der Waals surface area contributed by atoms with E-state index < -0.39 is 0 Å². The lowest BCUT2D eigenvalue weighted by atomic mass is 9.84. The van der Waals surface area contributed by atoms with Crippen LogP contribution in [0.3, 0.4) is 0 Å². The molecule has 0 radical (unpaired) electrons. The van der Waals surface area contributed by atoms with Crippen LogP contribution in [0.1, 0.15) is 23.5 Å². The van der Waals surface area contributed by atoms with E-state index in [2.05, 4.69) is 0 Å². The van der Waals surface area contributed by atoms with E-state index in [1.54, 1.807) is 4.90 Å². The molecule has 3 aliphatic heterocycles. The largest absolute Gasteiger partial charge is 0.456 e. The summed E-state index contributed by atoms with van der Waals surface area (Å²) in [5, 5.41) is 0. The number of cyclic esters (lactones) is 1. The number of hydrogen-bond donors (Lipinski definition) is 0. The van der Waals surface area contributed by atoms with Crippen molar-refractivity contribution in [3.05, 3.63) is 64.9 Å². The van der Waals surface area contributed by atoms with Gasteiger partial charge in [0.2, 0.25) is 12.7 Å². The van der Waals surface area contributed by atoms with Crippen molar-refractivity contribution in [2.24, 2.45) is 0 Å². The average molecular weight is 363 g/mol. The van der Waals surface area contributed by atoms with Crippen molar-refractivity contribution in [1.29, 1.82) is 0 Å². The first-order chi connectivity index (χ1) is 13.1. The minimum Gasteiger partial charge on any atom is -0.456 e. The highest BCUT2D eigenvalue weighted by atomic mass is 16.7. The Morgan fingerprint density at radius 2 is 1.85 bits per heavy atom. The minimum absolute atomic E-state index is 0.0553. The maximum absolute atomic E-state index is 13.0. The molecule has 0 spiro atoms. The Morgan fingerprint density at radius 1 is 1.00 bits per heavy atom. The molecular formula is C21H17NO5. The third-order valence-electron chi connectivity index (χ3n) is 5.18. The van der Waals surface area contributed by atoms with Crippen LogP contribution >= 0.6 is 0 Å². The monoisotopic (exact) mass is 363 g/mol. The van der Waals surface area contributed by atoms with Crippen molar-refractivity contribution in [2.75, 3.05) is 18.3 Å². The Bertz CT molecular complexity index is 1010. The average Bonchev–Trinajstić information content (AvgIpc) is 3.27. The predicted octanol–water partition coefficient (Wildman–Crippen LogP) is 3.06. The van der Waals surface area contributed by atoms with Gasteiger partial charge in [-0.2, -0.15) is 0 Å². The van der Waals surface area contributed by atoms with Gasteiger partial charge in [-0.05, 0) is 42.3 Å². The van der Waals surface area contributed by atoms with E-state index in [1.807, 2.05) is 49.4 Å². The standard InChI is InChI=1S/C21H17NO5/c1-12-3-2-4-14(7-12)22-16-10-25-21(24)20(16)15(9-19(22)23)13-5-6-17-18(8-13)27-11-26-17/h2-8,15H,9-11H2,1H3/t15-/m0/s1. The SMILES string of the molecule is Cc1cccc(N2C(=O)C[C@@H](c3ccc4c(c3)OCO4)C3=C2COC3=O)c1. The molecule has 0 saturated heterocycles. The molecule has 2 aromatic carbocycles. The number of rotatable bonds is 2. The second-order valence-corrected chi connectivity index (χ2v) is 6.87. The number of anilines is 1. The van der Waals surface area contributed by atoms with E-state index in [4.69, 9.17) is 14.2 Å². The third-order valence-corrected chi connectivity index (χ3v) is 5.18.